The third kappa shape index (κ3) is 6.17. The smallest absolute Gasteiger partial charge is 0.0670 e. The molecule has 0 bridgehead atoms. The van der Waals surface area contributed by atoms with E-state index >= 15 is 0 Å². The number of hydrogen-bond acceptors (Lipinski definition) is 1. The molecule has 2 aromatic carbocycles. The molecule has 0 saturated carbocycles. The second-order valence-corrected chi connectivity index (χ2v) is 9.26. The number of fused-ring (bicyclic) bond motifs is 2. The van der Waals surface area contributed by atoms with Crippen LogP contribution < -0.4 is 10.4 Å². The van der Waals surface area contributed by atoms with Crippen molar-refractivity contribution in [1.29, 1.82) is 0 Å². The maximum absolute atomic E-state index is 4.70. The lowest BCUT2D eigenvalue weighted by molar-refractivity contribution is 0.626. The van der Waals surface area contributed by atoms with Crippen LogP contribution in [0.2, 0.25) is 0 Å². The van der Waals surface area contributed by atoms with E-state index in [0.29, 0.717) is 11.8 Å². The van der Waals surface area contributed by atoms with Gasteiger partial charge in [0.25, 0.3) is 0 Å². The van der Waals surface area contributed by atoms with E-state index in [1.807, 2.05) is 12.3 Å². The molecule has 0 saturated heterocycles. The molecule has 1 heteroatoms. The van der Waals surface area contributed by atoms with Crippen molar-refractivity contribution in [2.75, 3.05) is 0 Å². The Balaban J connectivity index is 0.000000491. The van der Waals surface area contributed by atoms with Crippen LogP contribution in [0.3, 0.4) is 0 Å². The molecule has 0 fully saturated rings. The largest absolute Gasteiger partial charge is 0.257 e. The fraction of sp³-hybridized carbons (Fsp3) is 0.367. The van der Waals surface area contributed by atoms with Crippen LogP contribution in [0.4, 0.5) is 0 Å². The second-order valence-electron chi connectivity index (χ2n) is 9.26. The predicted octanol–water partition coefficient (Wildman–Crippen LogP) is 6.89. The molecule has 1 heterocycles. The minimum Gasteiger partial charge on any atom is -0.257 e. The van der Waals surface area contributed by atoms with E-state index in [4.69, 9.17) is 4.98 Å². The summed E-state index contributed by atoms with van der Waals surface area (Å²) in [5.41, 5.74) is 2.50. The van der Waals surface area contributed by atoms with Crippen molar-refractivity contribution in [1.82, 2.24) is 4.98 Å². The van der Waals surface area contributed by atoms with Crippen LogP contribution in [0.1, 0.15) is 59.6 Å². The molecule has 1 atom stereocenters. The molecule has 4 rings (SSSR count). The van der Waals surface area contributed by atoms with E-state index in [0.717, 1.165) is 24.5 Å². The van der Waals surface area contributed by atoms with Crippen molar-refractivity contribution < 1.29 is 0 Å². The van der Waals surface area contributed by atoms with Gasteiger partial charge in [-0.3, -0.25) is 4.98 Å². The van der Waals surface area contributed by atoms with E-state index in [1.165, 1.54) is 33.2 Å². The first-order chi connectivity index (χ1) is 15.0. The molecular weight excluding hydrogens is 374 g/mol. The predicted molar refractivity (Wildman–Crippen MR) is 136 cm³/mol. The zero-order valence-corrected chi connectivity index (χ0v) is 19.8. The van der Waals surface area contributed by atoms with Gasteiger partial charge >= 0.3 is 0 Å². The highest BCUT2D eigenvalue weighted by atomic mass is 14.7. The summed E-state index contributed by atoms with van der Waals surface area (Å²) in [4.78, 5) is 4.70. The molecule has 1 aliphatic carbocycles. The lowest BCUT2D eigenvalue weighted by atomic mass is 9.83. The minimum atomic E-state index is 0.480. The van der Waals surface area contributed by atoms with Gasteiger partial charge in [-0.25, -0.2) is 0 Å². The van der Waals surface area contributed by atoms with Gasteiger partial charge in [-0.05, 0) is 81.6 Å². The number of nitrogens with zero attached hydrogens (tertiary/aromatic N) is 1. The highest BCUT2D eigenvalue weighted by molar-refractivity contribution is 5.84. The second kappa shape index (κ2) is 11.1. The first-order valence-corrected chi connectivity index (χ1v) is 11.8. The van der Waals surface area contributed by atoms with E-state index in [1.54, 1.807) is 0 Å². The maximum Gasteiger partial charge on any atom is 0.0670 e. The minimum absolute atomic E-state index is 0.480. The Kier molecular flexibility index (Phi) is 8.23. The number of benzene rings is 2. The van der Waals surface area contributed by atoms with Gasteiger partial charge in [0.15, 0.2) is 0 Å². The van der Waals surface area contributed by atoms with Crippen molar-refractivity contribution in [2.45, 2.75) is 53.9 Å². The number of aromatic nitrogens is 1. The Morgan fingerprint density at radius 1 is 0.968 bits per heavy atom. The number of hydrogen-bond donors (Lipinski definition) is 0. The van der Waals surface area contributed by atoms with Gasteiger partial charge in [-0.1, -0.05) is 89.6 Å². The van der Waals surface area contributed by atoms with Gasteiger partial charge in [0, 0.05) is 6.20 Å². The van der Waals surface area contributed by atoms with Crippen molar-refractivity contribution in [3.8, 4) is 0 Å². The molecule has 0 amide bonds. The van der Waals surface area contributed by atoms with Crippen molar-refractivity contribution >= 4 is 22.4 Å². The summed E-state index contributed by atoms with van der Waals surface area (Å²) in [6.45, 7) is 11.1. The molecule has 0 aliphatic heterocycles. The Bertz CT molecular complexity index is 1120. The van der Waals surface area contributed by atoms with Crippen LogP contribution in [-0.4, -0.2) is 4.98 Å². The highest BCUT2D eigenvalue weighted by Gasteiger charge is 2.19. The summed E-state index contributed by atoms with van der Waals surface area (Å²) in [6.07, 6.45) is 12.4. The zero-order chi connectivity index (χ0) is 22.2. The summed E-state index contributed by atoms with van der Waals surface area (Å²) >= 11 is 0. The first kappa shape index (κ1) is 23.0. The molecule has 0 spiro atoms. The highest BCUT2D eigenvalue weighted by Crippen LogP contribution is 2.28. The number of pyridine rings is 1. The Morgan fingerprint density at radius 3 is 2.26 bits per heavy atom. The lowest BCUT2D eigenvalue weighted by Gasteiger charge is -2.22. The van der Waals surface area contributed by atoms with E-state index < -0.39 is 0 Å². The molecule has 1 nitrogen and oxygen atoms in total. The molecule has 1 aliphatic rings. The summed E-state index contributed by atoms with van der Waals surface area (Å²) in [7, 11) is 0. The van der Waals surface area contributed by atoms with Gasteiger partial charge in [-0.15, -0.1) is 0 Å². The van der Waals surface area contributed by atoms with Crippen LogP contribution in [0.5, 0.6) is 0 Å². The molecule has 0 radical (unpaired) electrons. The molecule has 31 heavy (non-hydrogen) atoms. The Morgan fingerprint density at radius 2 is 1.65 bits per heavy atom. The van der Waals surface area contributed by atoms with Crippen molar-refractivity contribution in [2.24, 2.45) is 17.8 Å². The van der Waals surface area contributed by atoms with Gasteiger partial charge in [0.1, 0.15) is 0 Å². The Hall–Kier alpha value is -2.67. The van der Waals surface area contributed by atoms with E-state index in [9.17, 15) is 0 Å². The monoisotopic (exact) mass is 411 g/mol. The molecule has 1 unspecified atom stereocenters. The number of rotatable bonds is 5. The molecule has 162 valence electrons. The molecule has 0 N–H and O–H groups in total. The van der Waals surface area contributed by atoms with Crippen LogP contribution in [-0.2, 0) is 0 Å². The van der Waals surface area contributed by atoms with E-state index in [2.05, 4.69) is 101 Å². The molecule has 1 aromatic heterocycles. The molecular formula is C30H37N. The van der Waals surface area contributed by atoms with Crippen LogP contribution in [0.25, 0.3) is 22.4 Å². The van der Waals surface area contributed by atoms with Crippen molar-refractivity contribution in [3.05, 3.63) is 89.1 Å². The third-order valence-corrected chi connectivity index (χ3v) is 5.94. The van der Waals surface area contributed by atoms with Gasteiger partial charge in [0.2, 0.25) is 0 Å². The van der Waals surface area contributed by atoms with Crippen LogP contribution in [0.15, 0.2) is 72.9 Å². The summed E-state index contributed by atoms with van der Waals surface area (Å²) in [6, 6.07) is 19.5. The van der Waals surface area contributed by atoms with Crippen molar-refractivity contribution in [3.63, 3.8) is 0 Å². The van der Waals surface area contributed by atoms with Gasteiger partial charge in [0.05, 0.1) is 5.69 Å². The number of allylic oxidation sites excluding steroid dienone is 2. The van der Waals surface area contributed by atoms with Gasteiger partial charge < -0.3 is 0 Å². The summed E-state index contributed by atoms with van der Waals surface area (Å²) < 4.78 is 0. The van der Waals surface area contributed by atoms with Gasteiger partial charge in [-0.2, -0.15) is 0 Å². The summed E-state index contributed by atoms with van der Waals surface area (Å²) in [5, 5.41) is 5.29. The average molecular weight is 412 g/mol. The third-order valence-electron chi connectivity index (χ3n) is 5.94. The van der Waals surface area contributed by atoms with Crippen LogP contribution >= 0.6 is 0 Å². The fourth-order valence-corrected chi connectivity index (χ4v) is 3.87. The first-order valence-electron chi connectivity index (χ1n) is 11.8. The van der Waals surface area contributed by atoms with Crippen LogP contribution in [0, 0.1) is 17.8 Å². The fourth-order valence-electron chi connectivity index (χ4n) is 3.87. The normalized spacial score (nSPS) is 15.7. The van der Waals surface area contributed by atoms with E-state index in [-0.39, 0.29) is 0 Å². The summed E-state index contributed by atoms with van der Waals surface area (Å²) in [5.74, 6) is 1.96. The zero-order valence-electron chi connectivity index (χ0n) is 19.8. The topological polar surface area (TPSA) is 12.9 Å². The quantitative estimate of drug-likeness (QED) is 0.417. The maximum atomic E-state index is 4.70. The Labute approximate surface area is 188 Å². The average Bonchev–Trinajstić information content (AvgIpc) is 2.78. The molecule has 3 aromatic rings. The SMILES string of the molecule is CC(C)C=CCC1CC=c2cc3ccccc3cc2=C1c1ccccn1.CCC(C)C. The standard InChI is InChI=1S/C25H25N.C5H12/c1-18(2)8-7-11-19-13-14-22-16-20-9-3-4-10-21(20)17-23(22)25(19)24-12-5-6-15-26-24;1-4-5(2)3/h3-10,12,14-19H,11,13H2,1-2H3;5H,4H2,1-3H3. The lowest BCUT2D eigenvalue weighted by Crippen LogP contribution is -2.33.